The minimum atomic E-state index is -0.0761. The predicted molar refractivity (Wildman–Crippen MR) is 75.1 cm³/mol. The second-order valence-corrected chi connectivity index (χ2v) is 6.01. The minimum absolute atomic E-state index is 0.0761. The van der Waals surface area contributed by atoms with Crippen molar-refractivity contribution in [2.24, 2.45) is 0 Å². The van der Waals surface area contributed by atoms with Crippen LogP contribution in [0.4, 0.5) is 5.69 Å². The molecular weight excluding hydrogens is 260 g/mol. The van der Waals surface area contributed by atoms with Crippen molar-refractivity contribution in [2.75, 3.05) is 5.32 Å². The first-order valence-electron chi connectivity index (χ1n) is 6.11. The van der Waals surface area contributed by atoms with Crippen LogP contribution in [-0.2, 0) is 11.3 Å². The lowest BCUT2D eigenvalue weighted by Crippen LogP contribution is -2.06. The summed E-state index contributed by atoms with van der Waals surface area (Å²) in [6.07, 6.45) is 0. The molecule has 0 unspecified atom stereocenters. The van der Waals surface area contributed by atoms with Crippen LogP contribution in [0.2, 0.25) is 0 Å². The van der Waals surface area contributed by atoms with E-state index in [0.717, 1.165) is 28.8 Å². The van der Waals surface area contributed by atoms with E-state index < -0.39 is 0 Å². The van der Waals surface area contributed by atoms with Crippen LogP contribution < -0.4 is 5.32 Å². The molecule has 5 nitrogen and oxygen atoms in total. The maximum Gasteiger partial charge on any atom is 0.221 e. The highest BCUT2D eigenvalue weighted by atomic mass is 32.2. The molecule has 0 saturated heterocycles. The number of amides is 1. The molecule has 0 spiro atoms. The number of hydrogen-bond acceptors (Lipinski definition) is 4. The molecule has 1 aliphatic heterocycles. The molecule has 0 saturated carbocycles. The second-order valence-electron chi connectivity index (χ2n) is 4.61. The smallest absolute Gasteiger partial charge is 0.221 e. The Labute approximate surface area is 115 Å². The fourth-order valence-electron chi connectivity index (χ4n) is 2.17. The van der Waals surface area contributed by atoms with Gasteiger partial charge in [0.1, 0.15) is 0 Å². The SMILES string of the molecule is CC(=O)Nc1cccc(-c2nnc3n2C[C@H](C)S3)c1. The maximum atomic E-state index is 11.1. The Morgan fingerprint density at radius 1 is 1.47 bits per heavy atom. The quantitative estimate of drug-likeness (QED) is 0.913. The lowest BCUT2D eigenvalue weighted by molar-refractivity contribution is -0.114. The Kier molecular flexibility index (Phi) is 3.02. The molecule has 6 heteroatoms. The van der Waals surface area contributed by atoms with E-state index in [2.05, 4.69) is 27.0 Å². The van der Waals surface area contributed by atoms with E-state index in [1.807, 2.05) is 24.3 Å². The van der Waals surface area contributed by atoms with E-state index >= 15 is 0 Å². The van der Waals surface area contributed by atoms with Crippen molar-refractivity contribution in [1.29, 1.82) is 0 Å². The van der Waals surface area contributed by atoms with Crippen LogP contribution in [-0.4, -0.2) is 25.9 Å². The van der Waals surface area contributed by atoms with E-state index in [0.29, 0.717) is 5.25 Å². The first-order chi connectivity index (χ1) is 9.13. The molecule has 1 aromatic heterocycles. The van der Waals surface area contributed by atoms with Gasteiger partial charge in [-0.25, -0.2) is 0 Å². The van der Waals surface area contributed by atoms with E-state index in [1.54, 1.807) is 11.8 Å². The Morgan fingerprint density at radius 3 is 3.11 bits per heavy atom. The van der Waals surface area contributed by atoms with Gasteiger partial charge in [-0.15, -0.1) is 10.2 Å². The normalized spacial score (nSPS) is 17.3. The number of fused-ring (bicyclic) bond motifs is 1. The van der Waals surface area contributed by atoms with Crippen molar-refractivity contribution in [3.8, 4) is 11.4 Å². The molecule has 3 rings (SSSR count). The zero-order valence-corrected chi connectivity index (χ0v) is 11.6. The van der Waals surface area contributed by atoms with Crippen LogP contribution in [0.15, 0.2) is 29.4 Å². The Morgan fingerprint density at radius 2 is 2.32 bits per heavy atom. The van der Waals surface area contributed by atoms with Crippen molar-refractivity contribution in [1.82, 2.24) is 14.8 Å². The molecule has 2 aromatic rings. The van der Waals surface area contributed by atoms with Gasteiger partial charge in [-0.05, 0) is 12.1 Å². The Balaban J connectivity index is 1.97. The molecule has 0 fully saturated rings. The largest absolute Gasteiger partial charge is 0.326 e. The number of carbonyl (C=O) groups is 1. The third-order valence-corrected chi connectivity index (χ3v) is 3.97. The van der Waals surface area contributed by atoms with Crippen LogP contribution >= 0.6 is 11.8 Å². The van der Waals surface area contributed by atoms with Gasteiger partial charge in [0.05, 0.1) is 0 Å². The summed E-state index contributed by atoms with van der Waals surface area (Å²) in [4.78, 5) is 11.1. The van der Waals surface area contributed by atoms with Gasteiger partial charge < -0.3 is 9.88 Å². The van der Waals surface area contributed by atoms with Gasteiger partial charge in [-0.1, -0.05) is 30.8 Å². The number of aromatic nitrogens is 3. The van der Waals surface area contributed by atoms with Crippen molar-refractivity contribution in [3.05, 3.63) is 24.3 Å². The molecule has 98 valence electrons. The predicted octanol–water partition coefficient (Wildman–Crippen LogP) is 2.40. The molecule has 2 heterocycles. The Bertz CT molecular complexity index is 637. The number of anilines is 1. The number of thioether (sulfide) groups is 1. The fourth-order valence-corrected chi connectivity index (χ4v) is 3.13. The summed E-state index contributed by atoms with van der Waals surface area (Å²) in [6.45, 7) is 4.60. The van der Waals surface area contributed by atoms with E-state index in [-0.39, 0.29) is 5.91 Å². The molecule has 1 atom stereocenters. The zero-order valence-electron chi connectivity index (χ0n) is 10.8. The van der Waals surface area contributed by atoms with Gasteiger partial charge in [0.15, 0.2) is 11.0 Å². The average molecular weight is 274 g/mol. The summed E-state index contributed by atoms with van der Waals surface area (Å²) in [5, 5.41) is 12.7. The molecular formula is C13H14N4OS. The lowest BCUT2D eigenvalue weighted by atomic mass is 10.2. The van der Waals surface area contributed by atoms with Gasteiger partial charge in [-0.2, -0.15) is 0 Å². The highest BCUT2D eigenvalue weighted by Crippen LogP contribution is 2.34. The van der Waals surface area contributed by atoms with Crippen LogP contribution in [0.5, 0.6) is 0 Å². The van der Waals surface area contributed by atoms with E-state index in [1.165, 1.54) is 6.92 Å². The number of carbonyl (C=O) groups excluding carboxylic acids is 1. The molecule has 0 radical (unpaired) electrons. The van der Waals surface area contributed by atoms with Gasteiger partial charge in [0, 0.05) is 30.0 Å². The number of rotatable bonds is 2. The molecule has 0 bridgehead atoms. The van der Waals surface area contributed by atoms with Crippen LogP contribution in [0.3, 0.4) is 0 Å². The molecule has 1 N–H and O–H groups in total. The summed E-state index contributed by atoms with van der Waals surface area (Å²) in [6, 6.07) is 7.68. The summed E-state index contributed by atoms with van der Waals surface area (Å²) >= 11 is 1.74. The highest BCUT2D eigenvalue weighted by Gasteiger charge is 2.24. The lowest BCUT2D eigenvalue weighted by Gasteiger charge is -2.06. The van der Waals surface area contributed by atoms with Crippen LogP contribution in [0.25, 0.3) is 11.4 Å². The van der Waals surface area contributed by atoms with Crippen molar-refractivity contribution < 1.29 is 4.79 Å². The molecule has 19 heavy (non-hydrogen) atoms. The molecule has 1 aliphatic rings. The average Bonchev–Trinajstić information content (AvgIpc) is 2.87. The van der Waals surface area contributed by atoms with Gasteiger partial charge in [-0.3, -0.25) is 4.79 Å². The third kappa shape index (κ3) is 2.35. The summed E-state index contributed by atoms with van der Waals surface area (Å²) in [5.74, 6) is 0.784. The Hall–Kier alpha value is -1.82. The number of hydrogen-bond donors (Lipinski definition) is 1. The monoisotopic (exact) mass is 274 g/mol. The number of nitrogens with one attached hydrogen (secondary N) is 1. The first-order valence-corrected chi connectivity index (χ1v) is 6.99. The molecule has 0 aliphatic carbocycles. The maximum absolute atomic E-state index is 11.1. The van der Waals surface area contributed by atoms with Gasteiger partial charge in [0.25, 0.3) is 0 Å². The molecule has 1 aromatic carbocycles. The second kappa shape index (κ2) is 4.70. The van der Waals surface area contributed by atoms with Crippen molar-refractivity contribution >= 4 is 23.4 Å². The summed E-state index contributed by atoms with van der Waals surface area (Å²) < 4.78 is 2.13. The van der Waals surface area contributed by atoms with Gasteiger partial charge >= 0.3 is 0 Å². The summed E-state index contributed by atoms with van der Waals surface area (Å²) in [7, 11) is 0. The van der Waals surface area contributed by atoms with Crippen molar-refractivity contribution in [2.45, 2.75) is 30.8 Å². The zero-order chi connectivity index (χ0) is 13.4. The molecule has 1 amide bonds. The number of nitrogens with zero attached hydrogens (tertiary/aromatic N) is 3. The summed E-state index contributed by atoms with van der Waals surface area (Å²) in [5.41, 5.74) is 1.75. The van der Waals surface area contributed by atoms with Crippen LogP contribution in [0, 0.1) is 0 Å². The third-order valence-electron chi connectivity index (χ3n) is 2.90. The highest BCUT2D eigenvalue weighted by molar-refractivity contribution is 7.99. The fraction of sp³-hybridized carbons (Fsp3) is 0.308. The van der Waals surface area contributed by atoms with Crippen molar-refractivity contribution in [3.63, 3.8) is 0 Å². The van der Waals surface area contributed by atoms with E-state index in [4.69, 9.17) is 0 Å². The van der Waals surface area contributed by atoms with Crippen LogP contribution in [0.1, 0.15) is 13.8 Å². The standard InChI is InChI=1S/C13H14N4OS/c1-8-7-17-12(15-16-13(17)19-8)10-4-3-5-11(6-10)14-9(2)18/h3-6,8H,7H2,1-2H3,(H,14,18)/t8-/m0/s1. The first kappa shape index (κ1) is 12.2. The van der Waals surface area contributed by atoms with E-state index in [9.17, 15) is 4.79 Å². The number of benzene rings is 1. The minimum Gasteiger partial charge on any atom is -0.326 e. The van der Waals surface area contributed by atoms with Gasteiger partial charge in [0.2, 0.25) is 5.91 Å². The topological polar surface area (TPSA) is 59.8 Å².